The highest BCUT2D eigenvalue weighted by Crippen LogP contribution is 2.23. The number of amides is 1. The molecule has 0 unspecified atom stereocenters. The fraction of sp³-hybridized carbons (Fsp3) is 0.167. The Kier molecular flexibility index (Phi) is 3.49. The Balaban J connectivity index is 2.30. The molecule has 0 bridgehead atoms. The third kappa shape index (κ3) is 2.80. The molecular formula is C12H12N2O5S. The molecule has 1 aromatic carbocycles. The zero-order chi connectivity index (χ0) is 14.9. The van der Waals surface area contributed by atoms with E-state index in [9.17, 15) is 18.0 Å². The van der Waals surface area contributed by atoms with Gasteiger partial charge in [0.2, 0.25) is 0 Å². The molecule has 1 heterocycles. The van der Waals surface area contributed by atoms with Crippen LogP contribution in [0.25, 0.3) is 5.57 Å². The highest BCUT2D eigenvalue weighted by molar-refractivity contribution is 7.92. The summed E-state index contributed by atoms with van der Waals surface area (Å²) in [5, 5.41) is 8.66. The Bertz CT molecular complexity index is 691. The lowest BCUT2D eigenvalue weighted by molar-refractivity contribution is -0.131. The van der Waals surface area contributed by atoms with E-state index in [-0.39, 0.29) is 6.54 Å². The predicted molar refractivity (Wildman–Crippen MR) is 72.1 cm³/mol. The van der Waals surface area contributed by atoms with E-state index in [4.69, 9.17) is 5.11 Å². The van der Waals surface area contributed by atoms with E-state index in [1.165, 1.54) is 12.1 Å². The first-order valence-electron chi connectivity index (χ1n) is 5.64. The minimum absolute atomic E-state index is 0.258. The summed E-state index contributed by atoms with van der Waals surface area (Å²) >= 11 is 0. The molecule has 0 spiro atoms. The molecule has 0 aliphatic carbocycles. The average molecular weight is 296 g/mol. The van der Waals surface area contributed by atoms with Crippen molar-refractivity contribution in [2.24, 2.45) is 0 Å². The van der Waals surface area contributed by atoms with Crippen molar-refractivity contribution >= 4 is 33.3 Å². The highest BCUT2D eigenvalue weighted by Gasteiger charge is 2.33. The Morgan fingerprint density at radius 1 is 1.35 bits per heavy atom. The van der Waals surface area contributed by atoms with Crippen LogP contribution >= 0.6 is 0 Å². The van der Waals surface area contributed by atoms with Gasteiger partial charge in [0, 0.05) is 6.08 Å². The van der Waals surface area contributed by atoms with Crippen LogP contribution in [0.1, 0.15) is 12.5 Å². The van der Waals surface area contributed by atoms with Crippen LogP contribution in [0.3, 0.4) is 0 Å². The third-order valence-corrected chi connectivity index (χ3v) is 4.18. The Hall–Kier alpha value is -2.35. The van der Waals surface area contributed by atoms with Crippen LogP contribution in [0.5, 0.6) is 0 Å². The van der Waals surface area contributed by atoms with Crippen molar-refractivity contribution in [1.29, 1.82) is 0 Å². The summed E-state index contributed by atoms with van der Waals surface area (Å²) in [5.74, 6) is -1.64. The number of nitrogens with zero attached hydrogens (tertiary/aromatic N) is 1. The number of carbonyl (C=O) groups is 2. The van der Waals surface area contributed by atoms with Crippen LogP contribution in [0.2, 0.25) is 0 Å². The van der Waals surface area contributed by atoms with Gasteiger partial charge in [0.15, 0.2) is 0 Å². The monoisotopic (exact) mass is 296 g/mol. The van der Waals surface area contributed by atoms with Crippen LogP contribution in [-0.4, -0.2) is 31.9 Å². The maximum absolute atomic E-state index is 11.6. The second kappa shape index (κ2) is 4.97. The van der Waals surface area contributed by atoms with Gasteiger partial charge in [0.1, 0.15) is 6.54 Å². The minimum atomic E-state index is -3.82. The molecule has 2 rings (SSSR count). The molecule has 1 fully saturated rings. The number of aliphatic carboxylic acids is 1. The van der Waals surface area contributed by atoms with Gasteiger partial charge in [-0.15, -0.1) is 0 Å². The largest absolute Gasteiger partial charge is 0.478 e. The van der Waals surface area contributed by atoms with E-state index < -0.39 is 22.1 Å². The van der Waals surface area contributed by atoms with Crippen molar-refractivity contribution in [3.63, 3.8) is 0 Å². The van der Waals surface area contributed by atoms with Gasteiger partial charge in [-0.25, -0.2) is 13.8 Å². The van der Waals surface area contributed by atoms with Crippen molar-refractivity contribution in [3.05, 3.63) is 35.9 Å². The molecule has 2 N–H and O–H groups in total. The molecule has 1 aliphatic rings. The van der Waals surface area contributed by atoms with Gasteiger partial charge in [0.25, 0.3) is 5.91 Å². The lowest BCUT2D eigenvalue weighted by Gasteiger charge is -2.14. The first-order chi connectivity index (χ1) is 9.29. The second-order valence-electron chi connectivity index (χ2n) is 4.25. The SMILES string of the molecule is CC(=CC(=O)O)c1ccc(N2CC(=O)NS2(=O)=O)cc1. The van der Waals surface area contributed by atoms with E-state index >= 15 is 0 Å². The van der Waals surface area contributed by atoms with E-state index in [2.05, 4.69) is 0 Å². The molecule has 106 valence electrons. The van der Waals surface area contributed by atoms with Crippen LogP contribution in [0.4, 0.5) is 5.69 Å². The molecule has 0 radical (unpaired) electrons. The number of carbonyl (C=O) groups excluding carboxylic acids is 1. The zero-order valence-corrected chi connectivity index (χ0v) is 11.3. The maximum Gasteiger partial charge on any atom is 0.328 e. The number of rotatable bonds is 3. The van der Waals surface area contributed by atoms with Crippen LogP contribution in [0.15, 0.2) is 30.3 Å². The van der Waals surface area contributed by atoms with Gasteiger partial charge in [-0.3, -0.25) is 4.79 Å². The van der Waals surface area contributed by atoms with Crippen molar-refractivity contribution in [2.75, 3.05) is 10.8 Å². The van der Waals surface area contributed by atoms with Crippen molar-refractivity contribution < 1.29 is 23.1 Å². The molecule has 1 aromatic rings. The fourth-order valence-electron chi connectivity index (χ4n) is 1.84. The molecule has 1 aliphatic heterocycles. The standard InChI is InChI=1S/C12H12N2O5S/c1-8(6-12(16)17)9-2-4-10(5-3-9)14-7-11(15)13-20(14,18)19/h2-6H,7H2,1H3,(H,13,15)(H,16,17). The number of hydrogen-bond donors (Lipinski definition) is 2. The maximum atomic E-state index is 11.6. The summed E-state index contributed by atoms with van der Waals surface area (Å²) in [4.78, 5) is 21.7. The van der Waals surface area contributed by atoms with Gasteiger partial charge in [0.05, 0.1) is 5.69 Å². The number of benzene rings is 1. The number of carboxylic acids is 1. The van der Waals surface area contributed by atoms with Crippen molar-refractivity contribution in [2.45, 2.75) is 6.92 Å². The van der Waals surface area contributed by atoms with Gasteiger partial charge >= 0.3 is 16.2 Å². The quantitative estimate of drug-likeness (QED) is 0.784. The van der Waals surface area contributed by atoms with Crippen LogP contribution in [0, 0.1) is 0 Å². The lowest BCUT2D eigenvalue weighted by Crippen LogP contribution is -2.29. The van der Waals surface area contributed by atoms with E-state index in [0.29, 0.717) is 16.8 Å². The van der Waals surface area contributed by atoms with E-state index in [1.54, 1.807) is 19.1 Å². The van der Waals surface area contributed by atoms with Crippen molar-refractivity contribution in [3.8, 4) is 0 Å². The summed E-state index contributed by atoms with van der Waals surface area (Å²) in [5.41, 5.74) is 1.55. The summed E-state index contributed by atoms with van der Waals surface area (Å²) in [6, 6.07) is 6.24. The lowest BCUT2D eigenvalue weighted by atomic mass is 10.1. The normalized spacial score (nSPS) is 17.9. The third-order valence-electron chi connectivity index (χ3n) is 2.77. The molecule has 8 heteroatoms. The highest BCUT2D eigenvalue weighted by atomic mass is 32.2. The number of hydrogen-bond acceptors (Lipinski definition) is 4. The van der Waals surface area contributed by atoms with Gasteiger partial charge in [-0.1, -0.05) is 12.1 Å². The summed E-state index contributed by atoms with van der Waals surface area (Å²) in [6.07, 6.45) is 1.06. The Morgan fingerprint density at radius 3 is 2.40 bits per heavy atom. The van der Waals surface area contributed by atoms with Gasteiger partial charge in [-0.2, -0.15) is 8.42 Å². The number of nitrogens with one attached hydrogen (secondary N) is 1. The Morgan fingerprint density at radius 2 is 1.95 bits per heavy atom. The summed E-state index contributed by atoms with van der Waals surface area (Å²) < 4.78 is 26.1. The second-order valence-corrected chi connectivity index (χ2v) is 5.84. The first-order valence-corrected chi connectivity index (χ1v) is 7.08. The number of allylic oxidation sites excluding steroid dienone is 1. The minimum Gasteiger partial charge on any atom is -0.478 e. The molecule has 0 aromatic heterocycles. The molecule has 7 nitrogen and oxygen atoms in total. The molecular weight excluding hydrogens is 284 g/mol. The number of anilines is 1. The van der Waals surface area contributed by atoms with Gasteiger partial charge < -0.3 is 5.11 Å². The first kappa shape index (κ1) is 14.1. The molecule has 0 saturated carbocycles. The van der Waals surface area contributed by atoms with E-state index in [0.717, 1.165) is 10.4 Å². The van der Waals surface area contributed by atoms with Crippen LogP contribution in [-0.2, 0) is 19.8 Å². The molecule has 20 heavy (non-hydrogen) atoms. The summed E-state index contributed by atoms with van der Waals surface area (Å²) in [6.45, 7) is 1.38. The average Bonchev–Trinajstić information content (AvgIpc) is 2.62. The molecule has 1 saturated heterocycles. The summed E-state index contributed by atoms with van der Waals surface area (Å²) in [7, 11) is -3.82. The Labute approximate surface area is 115 Å². The number of carboxylic acid groups (broad SMARTS) is 1. The fourth-order valence-corrected chi connectivity index (χ4v) is 2.98. The van der Waals surface area contributed by atoms with E-state index in [1.807, 2.05) is 4.72 Å². The smallest absolute Gasteiger partial charge is 0.328 e. The van der Waals surface area contributed by atoms with Gasteiger partial charge in [-0.05, 0) is 30.2 Å². The van der Waals surface area contributed by atoms with Crippen LogP contribution < -0.4 is 9.03 Å². The molecule has 0 atom stereocenters. The predicted octanol–water partition coefficient (Wildman–Crippen LogP) is 0.356. The topological polar surface area (TPSA) is 104 Å². The van der Waals surface area contributed by atoms with Crippen molar-refractivity contribution in [1.82, 2.24) is 4.72 Å². The zero-order valence-electron chi connectivity index (χ0n) is 10.5. The molecule has 1 amide bonds.